The molecular weight excluding hydrogens is 1020 g/mol. The molecule has 0 spiro atoms. The molecule has 6 rings (SSSR count). The van der Waals surface area contributed by atoms with E-state index in [2.05, 4.69) is 87.4 Å². The predicted molar refractivity (Wildman–Crippen MR) is 339 cm³/mol. The Hall–Kier alpha value is -7.22. The summed E-state index contributed by atoms with van der Waals surface area (Å²) in [5.74, 6) is 1.81. The fourth-order valence-corrected chi connectivity index (χ4v) is 10.2. The molecule has 2 aliphatic heterocycles. The molecule has 0 aliphatic carbocycles. The quantitative estimate of drug-likeness (QED) is 0.0205. The van der Waals surface area contributed by atoms with Crippen molar-refractivity contribution in [3.05, 3.63) is 155 Å². The van der Waals surface area contributed by atoms with E-state index in [-0.39, 0.29) is 24.0 Å². The number of para-hydroxylation sites is 2. The Labute approximate surface area is 491 Å². The highest BCUT2D eigenvalue weighted by Crippen LogP contribution is 2.24. The van der Waals surface area contributed by atoms with Crippen LogP contribution in [0.4, 0.5) is 9.59 Å². The fraction of sp³-hybridized carbons (Fsp3) is 0.500. The van der Waals surface area contributed by atoms with E-state index < -0.39 is 0 Å². The fourth-order valence-electron chi connectivity index (χ4n) is 10.2. The van der Waals surface area contributed by atoms with E-state index in [0.717, 1.165) is 142 Å². The molecule has 444 valence electrons. The lowest BCUT2D eigenvalue weighted by Crippen LogP contribution is -2.46. The molecule has 4 aromatic carbocycles. The molecule has 0 aromatic heterocycles. The van der Waals surface area contributed by atoms with Crippen LogP contribution in [0.5, 0.6) is 11.5 Å². The van der Waals surface area contributed by atoms with Crippen LogP contribution in [-0.2, 0) is 39.1 Å². The number of fused-ring (bicyclic) bond motifs is 5. The number of amides is 4. The second-order valence-corrected chi connectivity index (χ2v) is 21.7. The van der Waals surface area contributed by atoms with Crippen LogP contribution in [0.2, 0.25) is 0 Å². The van der Waals surface area contributed by atoms with Crippen LogP contribution in [0.25, 0.3) is 0 Å². The minimum atomic E-state index is -0.187. The van der Waals surface area contributed by atoms with Crippen LogP contribution in [0.3, 0.4) is 0 Å². The van der Waals surface area contributed by atoms with Crippen molar-refractivity contribution < 1.29 is 19.1 Å². The molecule has 2 aliphatic rings. The first kappa shape index (κ1) is 65.6. The van der Waals surface area contributed by atoms with Crippen molar-refractivity contribution in [3.8, 4) is 11.5 Å². The van der Waals surface area contributed by atoms with Gasteiger partial charge in [-0.3, -0.25) is 10.6 Å². The van der Waals surface area contributed by atoms with Gasteiger partial charge in [0.05, 0.1) is 13.1 Å². The van der Waals surface area contributed by atoms with Crippen LogP contribution in [0, 0.1) is 10.8 Å². The summed E-state index contributed by atoms with van der Waals surface area (Å²) in [7, 11) is 0. The van der Waals surface area contributed by atoms with Gasteiger partial charge in [-0.25, -0.2) is 19.6 Å². The molecule has 0 saturated heterocycles. The first-order chi connectivity index (χ1) is 40.1. The number of nitrogens with two attached hydrogens (primary N) is 2. The number of allylic oxidation sites excluding steroid dienone is 4. The molecule has 14 heteroatoms. The number of urea groups is 2. The van der Waals surface area contributed by atoms with Gasteiger partial charge in [0.1, 0.15) is 24.7 Å². The number of aryl methyl sites for hydroxylation is 2. The molecule has 0 saturated carbocycles. The standard InChI is InChI=1S/2C34H49N5O2/c1-2-3-9-21-31(35)22-10-7-5-4-6-8-15-24-39-25-16-20-28-17-11-12-19-30(28)27-41-32-23-14-13-18-29(32)26-37-33(36)38-34(39)40;1-2-3-9-20-31(35)21-10-7-5-4-6-8-13-23-39-24-15-18-28-16-14-17-29(25-28)27-41-32-22-12-11-19-30(32)26-37-33(36)38-34(39)40/h2-3,11-14,17-19,23,35H,4-10,15-16,20-22,24-27H2,1H3,(H3,36,37,38,40);2-3,11-12,14,16-17,19,22,25,35H,4-10,13,15,18,20-21,23-24,26-27H2,1H3,(H3,36,37,38,40)/b2*3-2+,35-31?. The Morgan fingerprint density at radius 1 is 0.512 bits per heavy atom. The zero-order chi connectivity index (χ0) is 58.2. The van der Waals surface area contributed by atoms with Gasteiger partial charge in [-0.15, -0.1) is 0 Å². The molecule has 4 amide bonds. The number of carbonyl (C=O) groups is 2. The third-order valence-electron chi connectivity index (χ3n) is 15.0. The van der Waals surface area contributed by atoms with Crippen molar-refractivity contribution in [2.45, 2.75) is 194 Å². The van der Waals surface area contributed by atoms with E-state index >= 15 is 0 Å². The maximum atomic E-state index is 13.1. The maximum Gasteiger partial charge on any atom is 0.324 e. The van der Waals surface area contributed by atoms with Crippen molar-refractivity contribution in [2.24, 2.45) is 21.5 Å². The number of aliphatic imine (C=N–C) groups is 2. The second-order valence-electron chi connectivity index (χ2n) is 21.7. The number of hydrogen-bond donors (Lipinski definition) is 6. The number of benzene rings is 4. The number of nitrogens with one attached hydrogen (secondary N) is 4. The van der Waals surface area contributed by atoms with Crippen LogP contribution in [0.1, 0.15) is 188 Å². The van der Waals surface area contributed by atoms with Gasteiger partial charge in [0, 0.05) is 48.7 Å². The topological polar surface area (TPSA) is 208 Å². The summed E-state index contributed by atoms with van der Waals surface area (Å²) in [4.78, 5) is 38.9. The highest BCUT2D eigenvalue weighted by atomic mass is 16.5. The third kappa shape index (κ3) is 27.0. The van der Waals surface area contributed by atoms with Gasteiger partial charge in [0.15, 0.2) is 11.9 Å². The van der Waals surface area contributed by atoms with Crippen molar-refractivity contribution in [1.29, 1.82) is 10.8 Å². The highest BCUT2D eigenvalue weighted by Gasteiger charge is 2.18. The SMILES string of the molecule is C/C=C/CCC(=N)CCCCCCCCCN1CCCc2cccc(c2)COc2ccccc2CN=C(N)NC1=O.C/C=C/CCC(=N)CCCCCCCCCN1CCCc2ccccc2COc2ccccc2CN=C(N)NC1=O. The lowest BCUT2D eigenvalue weighted by Gasteiger charge is -2.23. The van der Waals surface area contributed by atoms with Gasteiger partial charge in [-0.1, -0.05) is 173 Å². The molecule has 0 unspecified atom stereocenters. The highest BCUT2D eigenvalue weighted by molar-refractivity contribution is 5.96. The van der Waals surface area contributed by atoms with Crippen LogP contribution < -0.4 is 31.6 Å². The zero-order valence-electron chi connectivity index (χ0n) is 49.8. The minimum absolute atomic E-state index is 0.127. The summed E-state index contributed by atoms with van der Waals surface area (Å²) in [6.07, 6.45) is 33.5. The molecule has 0 fully saturated rings. The zero-order valence-corrected chi connectivity index (χ0v) is 49.8. The molecule has 2 heterocycles. The molecule has 0 radical (unpaired) electrons. The largest absolute Gasteiger partial charge is 0.489 e. The Morgan fingerprint density at radius 2 is 0.939 bits per heavy atom. The lowest BCUT2D eigenvalue weighted by atomic mass is 10.0. The number of unbranched alkanes of at least 4 members (excludes halogenated alkanes) is 12. The van der Waals surface area contributed by atoms with Crippen LogP contribution in [-0.4, -0.2) is 71.4 Å². The van der Waals surface area contributed by atoms with Crippen molar-refractivity contribution >= 4 is 35.4 Å². The predicted octanol–water partition coefficient (Wildman–Crippen LogP) is 15.1. The average Bonchev–Trinajstić information content (AvgIpc) is 3.57. The smallest absolute Gasteiger partial charge is 0.324 e. The monoisotopic (exact) mass is 1120 g/mol. The van der Waals surface area contributed by atoms with Gasteiger partial charge >= 0.3 is 12.1 Å². The summed E-state index contributed by atoms with van der Waals surface area (Å²) >= 11 is 0. The summed E-state index contributed by atoms with van der Waals surface area (Å²) in [6, 6.07) is 32.1. The van der Waals surface area contributed by atoms with Gasteiger partial charge in [-0.2, -0.15) is 0 Å². The summed E-state index contributed by atoms with van der Waals surface area (Å²) < 4.78 is 12.3. The van der Waals surface area contributed by atoms with Crippen LogP contribution >= 0.6 is 0 Å². The number of rotatable bonds is 26. The van der Waals surface area contributed by atoms with Gasteiger partial charge in [-0.05, 0) is 138 Å². The molecule has 8 N–H and O–H groups in total. The lowest BCUT2D eigenvalue weighted by molar-refractivity contribution is 0.200. The van der Waals surface area contributed by atoms with Gasteiger partial charge < -0.3 is 41.6 Å². The number of carbonyl (C=O) groups excluding carboxylic acids is 2. The number of guanidine groups is 2. The Bertz CT molecular complexity index is 2640. The van der Waals surface area contributed by atoms with E-state index in [0.29, 0.717) is 52.5 Å². The van der Waals surface area contributed by atoms with E-state index in [1.807, 2.05) is 78.2 Å². The van der Waals surface area contributed by atoms with E-state index in [1.54, 1.807) is 0 Å². The Balaban J connectivity index is 0.000000301. The van der Waals surface area contributed by atoms with E-state index in [9.17, 15) is 9.59 Å². The van der Waals surface area contributed by atoms with Crippen molar-refractivity contribution in [3.63, 3.8) is 0 Å². The molecular formula is C68H98N10O4. The third-order valence-corrected chi connectivity index (χ3v) is 15.0. The molecule has 2 bridgehead atoms. The summed E-state index contributed by atoms with van der Waals surface area (Å²) in [5.41, 5.74) is 20.6. The van der Waals surface area contributed by atoms with E-state index in [4.69, 9.17) is 31.8 Å². The first-order valence-corrected chi connectivity index (χ1v) is 30.7. The minimum Gasteiger partial charge on any atom is -0.489 e. The number of hydrogen-bond acceptors (Lipinski definition) is 10. The van der Waals surface area contributed by atoms with Crippen molar-refractivity contribution in [1.82, 2.24) is 20.4 Å². The van der Waals surface area contributed by atoms with E-state index in [1.165, 1.54) is 68.1 Å². The molecule has 0 atom stereocenters. The molecule has 82 heavy (non-hydrogen) atoms. The molecule has 4 aromatic rings. The average molecular weight is 1120 g/mol. The Morgan fingerprint density at radius 3 is 1.45 bits per heavy atom. The normalized spacial score (nSPS) is 14.7. The summed E-state index contributed by atoms with van der Waals surface area (Å²) in [6.45, 7) is 8.45. The molecule has 14 nitrogen and oxygen atoms in total. The van der Waals surface area contributed by atoms with Crippen molar-refractivity contribution in [2.75, 3.05) is 26.2 Å². The maximum absolute atomic E-state index is 13.1. The van der Waals surface area contributed by atoms with Gasteiger partial charge in [0.2, 0.25) is 0 Å². The second kappa shape index (κ2) is 40.1. The van der Waals surface area contributed by atoms with Crippen LogP contribution in [0.15, 0.2) is 131 Å². The van der Waals surface area contributed by atoms with Gasteiger partial charge in [0.25, 0.3) is 0 Å². The first-order valence-electron chi connectivity index (χ1n) is 30.7. The summed E-state index contributed by atoms with van der Waals surface area (Å²) in [5, 5.41) is 21.7. The number of nitrogens with zero attached hydrogens (tertiary/aromatic N) is 4. The Kier molecular flexibility index (Phi) is 32.0. The number of ether oxygens (including phenoxy) is 2.